The van der Waals surface area contributed by atoms with E-state index in [1.54, 1.807) is 0 Å². The summed E-state index contributed by atoms with van der Waals surface area (Å²) in [5.41, 5.74) is 0. The lowest BCUT2D eigenvalue weighted by Gasteiger charge is -2.12. The SMILES string of the molecule is CCNCC(O)CS(=O)(=O)CCC(C)C. The highest BCUT2D eigenvalue weighted by atomic mass is 32.2. The Morgan fingerprint density at radius 1 is 1.33 bits per heavy atom. The molecule has 0 aliphatic rings. The van der Waals surface area contributed by atoms with Crippen LogP contribution in [-0.2, 0) is 9.84 Å². The van der Waals surface area contributed by atoms with Crippen LogP contribution in [0.15, 0.2) is 0 Å². The van der Waals surface area contributed by atoms with Crippen LogP contribution in [-0.4, -0.2) is 44.2 Å². The van der Waals surface area contributed by atoms with Gasteiger partial charge in [0.1, 0.15) is 0 Å². The number of rotatable bonds is 8. The molecule has 0 bridgehead atoms. The highest BCUT2D eigenvalue weighted by Crippen LogP contribution is 2.04. The van der Waals surface area contributed by atoms with Crippen molar-refractivity contribution in [2.45, 2.75) is 33.3 Å². The number of nitrogens with one attached hydrogen (secondary N) is 1. The molecule has 0 aliphatic carbocycles. The predicted octanol–water partition coefficient (Wildman–Crippen LogP) is 0.418. The number of aliphatic hydroxyl groups is 1. The third kappa shape index (κ3) is 8.84. The van der Waals surface area contributed by atoms with Crippen LogP contribution in [0.5, 0.6) is 0 Å². The molecule has 92 valence electrons. The third-order valence-electron chi connectivity index (χ3n) is 2.08. The molecule has 0 fully saturated rings. The van der Waals surface area contributed by atoms with Crippen molar-refractivity contribution in [2.24, 2.45) is 5.92 Å². The molecule has 2 N–H and O–H groups in total. The number of sulfone groups is 1. The quantitative estimate of drug-likeness (QED) is 0.642. The summed E-state index contributed by atoms with van der Waals surface area (Å²) in [7, 11) is -3.10. The summed E-state index contributed by atoms with van der Waals surface area (Å²) < 4.78 is 23.0. The molecule has 1 atom stereocenters. The first-order chi connectivity index (χ1) is 6.87. The van der Waals surface area contributed by atoms with Crippen LogP contribution >= 0.6 is 0 Å². The molecule has 5 heteroatoms. The number of hydrogen-bond acceptors (Lipinski definition) is 4. The van der Waals surface area contributed by atoms with Gasteiger partial charge in [-0.2, -0.15) is 0 Å². The monoisotopic (exact) mass is 237 g/mol. The van der Waals surface area contributed by atoms with Crippen molar-refractivity contribution in [1.82, 2.24) is 5.32 Å². The summed E-state index contributed by atoms with van der Waals surface area (Å²) >= 11 is 0. The van der Waals surface area contributed by atoms with E-state index < -0.39 is 15.9 Å². The van der Waals surface area contributed by atoms with E-state index in [1.165, 1.54) is 0 Å². The minimum Gasteiger partial charge on any atom is -0.391 e. The van der Waals surface area contributed by atoms with Crippen LogP contribution in [0.2, 0.25) is 0 Å². The lowest BCUT2D eigenvalue weighted by molar-refractivity contribution is 0.194. The van der Waals surface area contributed by atoms with Crippen molar-refractivity contribution in [1.29, 1.82) is 0 Å². The van der Waals surface area contributed by atoms with Gasteiger partial charge in [0.2, 0.25) is 0 Å². The van der Waals surface area contributed by atoms with Crippen LogP contribution < -0.4 is 5.32 Å². The zero-order valence-corrected chi connectivity index (χ0v) is 10.7. The second-order valence-electron chi connectivity index (χ2n) is 4.26. The van der Waals surface area contributed by atoms with E-state index in [0.717, 1.165) is 6.54 Å². The molecular weight excluding hydrogens is 214 g/mol. The average molecular weight is 237 g/mol. The van der Waals surface area contributed by atoms with E-state index in [4.69, 9.17) is 0 Å². The van der Waals surface area contributed by atoms with Crippen LogP contribution in [0.25, 0.3) is 0 Å². The Morgan fingerprint density at radius 3 is 2.40 bits per heavy atom. The van der Waals surface area contributed by atoms with E-state index in [2.05, 4.69) is 5.32 Å². The van der Waals surface area contributed by atoms with Crippen LogP contribution in [0, 0.1) is 5.92 Å². The Morgan fingerprint density at radius 2 is 1.93 bits per heavy atom. The predicted molar refractivity (Wildman–Crippen MR) is 62.7 cm³/mol. The Kier molecular flexibility index (Phi) is 7.13. The minimum absolute atomic E-state index is 0.132. The number of aliphatic hydroxyl groups excluding tert-OH is 1. The largest absolute Gasteiger partial charge is 0.391 e. The van der Waals surface area contributed by atoms with Gasteiger partial charge in [-0.05, 0) is 18.9 Å². The van der Waals surface area contributed by atoms with E-state index in [0.29, 0.717) is 18.9 Å². The topological polar surface area (TPSA) is 66.4 Å². The lowest BCUT2D eigenvalue weighted by atomic mass is 10.2. The van der Waals surface area contributed by atoms with E-state index in [1.807, 2.05) is 20.8 Å². The summed E-state index contributed by atoms with van der Waals surface area (Å²) in [6, 6.07) is 0. The fourth-order valence-corrected chi connectivity index (χ4v) is 2.86. The molecule has 0 aromatic carbocycles. The fraction of sp³-hybridized carbons (Fsp3) is 1.00. The molecule has 1 unspecified atom stereocenters. The molecule has 0 amide bonds. The highest BCUT2D eigenvalue weighted by molar-refractivity contribution is 7.91. The smallest absolute Gasteiger partial charge is 0.152 e. The van der Waals surface area contributed by atoms with Gasteiger partial charge in [-0.25, -0.2) is 8.42 Å². The maximum Gasteiger partial charge on any atom is 0.152 e. The molecule has 0 saturated carbocycles. The van der Waals surface area contributed by atoms with Crippen molar-refractivity contribution in [3.8, 4) is 0 Å². The van der Waals surface area contributed by atoms with Crippen molar-refractivity contribution in [3.05, 3.63) is 0 Å². The maximum atomic E-state index is 11.5. The normalized spacial score (nSPS) is 14.5. The molecular formula is C10H23NO3S. The standard InChI is InChI=1S/C10H23NO3S/c1-4-11-7-10(12)8-15(13,14)6-5-9(2)3/h9-12H,4-8H2,1-3H3. The first-order valence-corrected chi connectivity index (χ1v) is 7.28. The van der Waals surface area contributed by atoms with E-state index in [9.17, 15) is 13.5 Å². The summed E-state index contributed by atoms with van der Waals surface area (Å²) in [6.45, 7) is 6.98. The molecule has 0 heterocycles. The van der Waals surface area contributed by atoms with Gasteiger partial charge in [0, 0.05) is 6.54 Å². The molecule has 0 rings (SSSR count). The second kappa shape index (κ2) is 7.19. The van der Waals surface area contributed by atoms with Gasteiger partial charge in [-0.15, -0.1) is 0 Å². The average Bonchev–Trinajstić information content (AvgIpc) is 2.11. The van der Waals surface area contributed by atoms with Crippen LogP contribution in [0.4, 0.5) is 0 Å². The Hall–Kier alpha value is -0.130. The summed E-state index contributed by atoms with van der Waals surface area (Å²) in [4.78, 5) is 0. The summed E-state index contributed by atoms with van der Waals surface area (Å²) in [5.74, 6) is 0.422. The van der Waals surface area contributed by atoms with Gasteiger partial charge in [0.05, 0.1) is 17.6 Å². The van der Waals surface area contributed by atoms with Gasteiger partial charge in [-0.3, -0.25) is 0 Å². The molecule has 4 nitrogen and oxygen atoms in total. The first-order valence-electron chi connectivity index (χ1n) is 5.46. The summed E-state index contributed by atoms with van der Waals surface area (Å²) in [5, 5.41) is 12.4. The maximum absolute atomic E-state index is 11.5. The van der Waals surface area contributed by atoms with Gasteiger partial charge in [0.15, 0.2) is 9.84 Å². The molecule has 0 radical (unpaired) electrons. The lowest BCUT2D eigenvalue weighted by Crippen LogP contribution is -2.33. The minimum atomic E-state index is -3.10. The molecule has 15 heavy (non-hydrogen) atoms. The zero-order valence-electron chi connectivity index (χ0n) is 9.86. The van der Waals surface area contributed by atoms with Crippen molar-refractivity contribution >= 4 is 9.84 Å². The van der Waals surface area contributed by atoms with Gasteiger partial charge < -0.3 is 10.4 Å². The first kappa shape index (κ1) is 14.9. The zero-order chi connectivity index (χ0) is 11.9. The second-order valence-corrected chi connectivity index (χ2v) is 6.49. The summed E-state index contributed by atoms with van der Waals surface area (Å²) in [6.07, 6.45) is -0.127. The van der Waals surface area contributed by atoms with E-state index >= 15 is 0 Å². The molecule has 0 spiro atoms. The van der Waals surface area contributed by atoms with Gasteiger partial charge >= 0.3 is 0 Å². The Bertz CT molecular complexity index is 249. The molecule has 0 aromatic heterocycles. The van der Waals surface area contributed by atoms with Gasteiger partial charge in [0.25, 0.3) is 0 Å². The third-order valence-corrected chi connectivity index (χ3v) is 3.83. The number of hydrogen-bond donors (Lipinski definition) is 2. The van der Waals surface area contributed by atoms with Gasteiger partial charge in [-0.1, -0.05) is 20.8 Å². The van der Waals surface area contributed by atoms with E-state index in [-0.39, 0.29) is 11.5 Å². The fourth-order valence-electron chi connectivity index (χ4n) is 1.16. The van der Waals surface area contributed by atoms with Crippen molar-refractivity contribution in [2.75, 3.05) is 24.6 Å². The Labute approximate surface area is 93.0 Å². The highest BCUT2D eigenvalue weighted by Gasteiger charge is 2.17. The molecule has 0 aliphatic heterocycles. The molecule has 0 aromatic rings. The van der Waals surface area contributed by atoms with Crippen LogP contribution in [0.3, 0.4) is 0 Å². The number of likely N-dealkylation sites (N-methyl/N-ethyl adjacent to an activating group) is 1. The van der Waals surface area contributed by atoms with Crippen LogP contribution in [0.1, 0.15) is 27.2 Å². The molecule has 0 saturated heterocycles. The Balaban J connectivity index is 3.91. The van der Waals surface area contributed by atoms with Crippen molar-refractivity contribution < 1.29 is 13.5 Å². The van der Waals surface area contributed by atoms with Crippen molar-refractivity contribution in [3.63, 3.8) is 0 Å².